The molecular formula is C13H17N5S. The van der Waals surface area contributed by atoms with Gasteiger partial charge in [-0.2, -0.15) is 0 Å². The molecule has 2 aromatic heterocycles. The summed E-state index contributed by atoms with van der Waals surface area (Å²) in [5, 5.41) is 2.89. The van der Waals surface area contributed by atoms with Crippen LogP contribution < -0.4 is 10.6 Å². The second-order valence-corrected chi connectivity index (χ2v) is 5.55. The Morgan fingerprint density at radius 3 is 3.05 bits per heavy atom. The lowest BCUT2D eigenvalue weighted by Gasteiger charge is -2.35. The maximum Gasteiger partial charge on any atom is 0.226 e. The van der Waals surface area contributed by atoms with Gasteiger partial charge in [0, 0.05) is 36.9 Å². The molecule has 0 aromatic carbocycles. The van der Waals surface area contributed by atoms with Gasteiger partial charge in [0.1, 0.15) is 10.7 Å². The normalized spacial score (nSPS) is 19.6. The Balaban J connectivity index is 1.90. The number of anilines is 1. The minimum atomic E-state index is 0.361. The Labute approximate surface area is 116 Å². The van der Waals surface area contributed by atoms with E-state index in [4.69, 9.17) is 5.73 Å². The van der Waals surface area contributed by atoms with Gasteiger partial charge in [-0.15, -0.1) is 11.3 Å². The van der Waals surface area contributed by atoms with Crippen molar-refractivity contribution in [1.29, 1.82) is 0 Å². The van der Waals surface area contributed by atoms with Gasteiger partial charge >= 0.3 is 0 Å². The summed E-state index contributed by atoms with van der Waals surface area (Å²) >= 11 is 1.59. The molecule has 0 saturated carbocycles. The monoisotopic (exact) mass is 275 g/mol. The molecule has 1 saturated heterocycles. The van der Waals surface area contributed by atoms with E-state index in [2.05, 4.69) is 19.9 Å². The maximum atomic E-state index is 5.86. The molecule has 2 N–H and O–H groups in total. The fraction of sp³-hybridized carbons (Fsp3) is 0.462. The van der Waals surface area contributed by atoms with Gasteiger partial charge in [0.25, 0.3) is 0 Å². The molecule has 3 heterocycles. The van der Waals surface area contributed by atoms with Crippen LogP contribution in [0.4, 0.5) is 5.95 Å². The van der Waals surface area contributed by atoms with E-state index >= 15 is 0 Å². The van der Waals surface area contributed by atoms with E-state index in [-0.39, 0.29) is 0 Å². The first-order valence-corrected chi connectivity index (χ1v) is 7.46. The molecule has 1 unspecified atom stereocenters. The summed E-state index contributed by atoms with van der Waals surface area (Å²) in [6.45, 7) is 1.65. The zero-order chi connectivity index (χ0) is 13.1. The molecule has 5 nitrogen and oxygen atoms in total. The number of nitrogens with two attached hydrogens (primary N) is 1. The van der Waals surface area contributed by atoms with Crippen LogP contribution in [0.5, 0.6) is 0 Å². The van der Waals surface area contributed by atoms with Gasteiger partial charge in [-0.25, -0.2) is 15.0 Å². The molecule has 1 atom stereocenters. The van der Waals surface area contributed by atoms with E-state index < -0.39 is 0 Å². The van der Waals surface area contributed by atoms with E-state index in [1.165, 1.54) is 12.8 Å². The zero-order valence-electron chi connectivity index (χ0n) is 10.7. The predicted octanol–water partition coefficient (Wildman–Crippen LogP) is 1.92. The van der Waals surface area contributed by atoms with Crippen molar-refractivity contribution in [2.75, 3.05) is 18.0 Å². The standard InChI is InChI=1S/C13H17N5S/c14-9-10-3-1-2-7-18(10)13-16-5-4-11(17-13)12-15-6-8-19-12/h4-6,8,10H,1-3,7,9,14H2. The first kappa shape index (κ1) is 12.5. The molecule has 1 aliphatic rings. The molecule has 0 amide bonds. The molecule has 0 radical (unpaired) electrons. The van der Waals surface area contributed by atoms with Gasteiger partial charge in [-0.3, -0.25) is 0 Å². The van der Waals surface area contributed by atoms with Gasteiger partial charge in [0.05, 0.1) is 0 Å². The van der Waals surface area contributed by atoms with E-state index in [9.17, 15) is 0 Å². The summed E-state index contributed by atoms with van der Waals surface area (Å²) in [5.41, 5.74) is 6.75. The van der Waals surface area contributed by atoms with Crippen molar-refractivity contribution in [2.24, 2.45) is 5.73 Å². The number of nitrogens with zero attached hydrogens (tertiary/aromatic N) is 4. The van der Waals surface area contributed by atoms with Gasteiger partial charge in [0.15, 0.2) is 0 Å². The molecule has 6 heteroatoms. The summed E-state index contributed by atoms with van der Waals surface area (Å²) in [7, 11) is 0. The first-order valence-electron chi connectivity index (χ1n) is 6.58. The Hall–Kier alpha value is -1.53. The summed E-state index contributed by atoms with van der Waals surface area (Å²) < 4.78 is 0. The lowest BCUT2D eigenvalue weighted by Crippen LogP contribution is -2.45. The van der Waals surface area contributed by atoms with Crippen molar-refractivity contribution in [1.82, 2.24) is 15.0 Å². The zero-order valence-corrected chi connectivity index (χ0v) is 11.5. The van der Waals surface area contributed by atoms with Crippen molar-refractivity contribution in [3.05, 3.63) is 23.8 Å². The highest BCUT2D eigenvalue weighted by Gasteiger charge is 2.23. The van der Waals surface area contributed by atoms with Crippen LogP contribution in [-0.2, 0) is 0 Å². The molecule has 0 aliphatic carbocycles. The molecule has 0 bridgehead atoms. The second-order valence-electron chi connectivity index (χ2n) is 4.66. The molecule has 0 spiro atoms. The van der Waals surface area contributed by atoms with Gasteiger partial charge in [-0.1, -0.05) is 0 Å². The highest BCUT2D eigenvalue weighted by molar-refractivity contribution is 7.13. The van der Waals surface area contributed by atoms with Crippen LogP contribution >= 0.6 is 11.3 Å². The summed E-state index contributed by atoms with van der Waals surface area (Å²) in [4.78, 5) is 15.6. The lowest BCUT2D eigenvalue weighted by molar-refractivity contribution is 0.458. The number of thiazole rings is 1. The van der Waals surface area contributed by atoms with Gasteiger partial charge in [-0.05, 0) is 25.3 Å². The molecule has 1 fully saturated rings. The highest BCUT2D eigenvalue weighted by atomic mass is 32.1. The fourth-order valence-electron chi connectivity index (χ4n) is 2.46. The molecule has 100 valence electrons. The third kappa shape index (κ3) is 2.59. The Bertz CT molecular complexity index is 528. The van der Waals surface area contributed by atoms with Crippen molar-refractivity contribution in [2.45, 2.75) is 25.3 Å². The lowest BCUT2D eigenvalue weighted by atomic mass is 10.0. The largest absolute Gasteiger partial charge is 0.337 e. The third-order valence-corrected chi connectivity index (χ3v) is 4.25. The summed E-state index contributed by atoms with van der Waals surface area (Å²) in [6, 6.07) is 2.27. The summed E-state index contributed by atoms with van der Waals surface area (Å²) in [6.07, 6.45) is 7.15. The van der Waals surface area contributed by atoms with Crippen LogP contribution in [0.2, 0.25) is 0 Å². The van der Waals surface area contributed by atoms with E-state index in [1.807, 2.05) is 11.4 Å². The van der Waals surface area contributed by atoms with Crippen LogP contribution in [0.25, 0.3) is 10.7 Å². The van der Waals surface area contributed by atoms with E-state index in [0.29, 0.717) is 12.6 Å². The molecule has 1 aliphatic heterocycles. The number of rotatable bonds is 3. The van der Waals surface area contributed by atoms with Crippen LogP contribution in [-0.4, -0.2) is 34.1 Å². The number of aromatic nitrogens is 3. The first-order chi connectivity index (χ1) is 9.38. The van der Waals surface area contributed by atoms with Crippen molar-refractivity contribution >= 4 is 17.3 Å². The number of hydrogen-bond donors (Lipinski definition) is 1. The van der Waals surface area contributed by atoms with Crippen LogP contribution in [0.1, 0.15) is 19.3 Å². The quantitative estimate of drug-likeness (QED) is 0.927. The SMILES string of the molecule is NCC1CCCCN1c1nccc(-c2nccs2)n1. The Kier molecular flexibility index (Phi) is 3.70. The predicted molar refractivity (Wildman–Crippen MR) is 77.2 cm³/mol. The Morgan fingerprint density at radius 2 is 2.26 bits per heavy atom. The molecular weight excluding hydrogens is 258 g/mol. The minimum absolute atomic E-state index is 0.361. The van der Waals surface area contributed by atoms with Crippen molar-refractivity contribution in [3.63, 3.8) is 0 Å². The maximum absolute atomic E-state index is 5.86. The topological polar surface area (TPSA) is 67.9 Å². The highest BCUT2D eigenvalue weighted by Crippen LogP contribution is 2.24. The minimum Gasteiger partial charge on any atom is -0.337 e. The van der Waals surface area contributed by atoms with Crippen molar-refractivity contribution in [3.8, 4) is 10.7 Å². The van der Waals surface area contributed by atoms with Crippen LogP contribution in [0, 0.1) is 0 Å². The number of piperidine rings is 1. The summed E-state index contributed by atoms with van der Waals surface area (Å²) in [5.74, 6) is 0.780. The van der Waals surface area contributed by atoms with Crippen molar-refractivity contribution < 1.29 is 0 Å². The molecule has 2 aromatic rings. The van der Waals surface area contributed by atoms with Crippen LogP contribution in [0.15, 0.2) is 23.8 Å². The van der Waals surface area contributed by atoms with Crippen LogP contribution in [0.3, 0.4) is 0 Å². The average Bonchev–Trinajstić information content (AvgIpc) is 3.01. The third-order valence-electron chi connectivity index (χ3n) is 3.45. The van der Waals surface area contributed by atoms with Gasteiger partial charge in [0.2, 0.25) is 5.95 Å². The van der Waals surface area contributed by atoms with E-state index in [0.717, 1.165) is 29.6 Å². The molecule has 3 rings (SSSR count). The smallest absolute Gasteiger partial charge is 0.226 e. The average molecular weight is 275 g/mol. The fourth-order valence-corrected chi connectivity index (χ4v) is 3.07. The van der Waals surface area contributed by atoms with E-state index in [1.54, 1.807) is 23.7 Å². The van der Waals surface area contributed by atoms with Gasteiger partial charge < -0.3 is 10.6 Å². The Morgan fingerprint density at radius 1 is 1.32 bits per heavy atom. The second kappa shape index (κ2) is 5.63. The molecule has 19 heavy (non-hydrogen) atoms. The number of hydrogen-bond acceptors (Lipinski definition) is 6.